The number of nitrogens with one attached hydrogen (secondary N) is 1. The number of thioether (sulfide) groups is 1. The van der Waals surface area contributed by atoms with Crippen LogP contribution in [0.25, 0.3) is 10.2 Å². The molecule has 9 heteroatoms. The second-order valence-electron chi connectivity index (χ2n) is 7.06. The van der Waals surface area contributed by atoms with Gasteiger partial charge in [-0.3, -0.25) is 9.59 Å². The monoisotopic (exact) mass is 457 g/mol. The number of hydrogen-bond donors (Lipinski definition) is 1. The van der Waals surface area contributed by atoms with Gasteiger partial charge >= 0.3 is 0 Å². The molecule has 2 aromatic carbocycles. The van der Waals surface area contributed by atoms with Gasteiger partial charge in [-0.15, -0.1) is 11.3 Å². The van der Waals surface area contributed by atoms with Crippen LogP contribution in [-0.4, -0.2) is 54.8 Å². The zero-order valence-electron chi connectivity index (χ0n) is 17.3. The van der Waals surface area contributed by atoms with Gasteiger partial charge in [-0.2, -0.15) is 0 Å². The lowest BCUT2D eigenvalue weighted by Gasteiger charge is -2.13. The predicted molar refractivity (Wildman–Crippen MR) is 124 cm³/mol. The minimum Gasteiger partial charge on any atom is -0.493 e. The van der Waals surface area contributed by atoms with E-state index in [9.17, 15) is 9.59 Å². The molecule has 2 heterocycles. The first-order chi connectivity index (χ1) is 15.1. The van der Waals surface area contributed by atoms with Crippen molar-refractivity contribution in [2.24, 2.45) is 0 Å². The Bertz CT molecular complexity index is 1110. The standard InChI is InChI=1S/C22H23N3O4S2/c1-28-17-8-5-14(11-18(17)29-2)21(27)23-15-6-7-16-19(12-15)31-22(24-16)30-13-20(26)25-9-3-4-10-25/h5-8,11-12H,3-4,9-10,13H2,1-2H3,(H,23,27). The van der Waals surface area contributed by atoms with Crippen LogP contribution in [-0.2, 0) is 4.79 Å². The van der Waals surface area contributed by atoms with E-state index < -0.39 is 0 Å². The van der Waals surface area contributed by atoms with Gasteiger partial charge in [0.05, 0.1) is 30.2 Å². The molecule has 7 nitrogen and oxygen atoms in total. The largest absolute Gasteiger partial charge is 0.493 e. The molecule has 1 N–H and O–H groups in total. The van der Waals surface area contributed by atoms with E-state index in [1.165, 1.54) is 30.2 Å². The van der Waals surface area contributed by atoms with Crippen LogP contribution in [0.15, 0.2) is 40.7 Å². The number of ether oxygens (including phenoxy) is 2. The molecule has 0 bridgehead atoms. The Hall–Kier alpha value is -2.78. The average Bonchev–Trinajstić information content (AvgIpc) is 3.46. The summed E-state index contributed by atoms with van der Waals surface area (Å²) in [6, 6.07) is 10.6. The summed E-state index contributed by atoms with van der Waals surface area (Å²) < 4.78 is 12.3. The zero-order chi connectivity index (χ0) is 21.8. The van der Waals surface area contributed by atoms with Gasteiger partial charge in [-0.05, 0) is 49.2 Å². The molecule has 162 valence electrons. The topological polar surface area (TPSA) is 80.8 Å². The highest BCUT2D eigenvalue weighted by molar-refractivity contribution is 8.01. The van der Waals surface area contributed by atoms with Gasteiger partial charge < -0.3 is 19.7 Å². The number of aromatic nitrogens is 1. The Balaban J connectivity index is 1.43. The summed E-state index contributed by atoms with van der Waals surface area (Å²) in [6.45, 7) is 1.73. The molecule has 31 heavy (non-hydrogen) atoms. The molecule has 3 aromatic rings. The van der Waals surface area contributed by atoms with Gasteiger partial charge in [-0.1, -0.05) is 11.8 Å². The van der Waals surface area contributed by atoms with Crippen LogP contribution >= 0.6 is 23.1 Å². The molecule has 0 aliphatic carbocycles. The van der Waals surface area contributed by atoms with Crippen molar-refractivity contribution in [3.05, 3.63) is 42.0 Å². The Labute approximate surface area is 188 Å². The van der Waals surface area contributed by atoms with Crippen molar-refractivity contribution in [3.8, 4) is 11.5 Å². The molecular formula is C22H23N3O4S2. The summed E-state index contributed by atoms with van der Waals surface area (Å²) in [5.74, 6) is 1.40. The van der Waals surface area contributed by atoms with Crippen LogP contribution in [0.1, 0.15) is 23.2 Å². The van der Waals surface area contributed by atoms with Gasteiger partial charge in [0.25, 0.3) is 5.91 Å². The van der Waals surface area contributed by atoms with Crippen LogP contribution in [0.5, 0.6) is 11.5 Å². The molecule has 1 aliphatic rings. The first kappa shape index (κ1) is 21.5. The number of benzene rings is 2. The number of rotatable bonds is 7. The van der Waals surface area contributed by atoms with Gasteiger partial charge in [-0.25, -0.2) is 4.98 Å². The number of methoxy groups -OCH3 is 2. The molecule has 0 atom stereocenters. The van der Waals surface area contributed by atoms with E-state index in [1.807, 2.05) is 23.1 Å². The lowest BCUT2D eigenvalue weighted by molar-refractivity contribution is -0.127. The maximum Gasteiger partial charge on any atom is 0.255 e. The Kier molecular flexibility index (Phi) is 6.62. The van der Waals surface area contributed by atoms with Crippen LogP contribution in [0.4, 0.5) is 5.69 Å². The minimum absolute atomic E-state index is 0.171. The third-order valence-corrected chi connectivity index (χ3v) is 7.20. The highest BCUT2D eigenvalue weighted by atomic mass is 32.2. The third-order valence-electron chi connectivity index (χ3n) is 5.05. The number of carbonyl (C=O) groups is 2. The average molecular weight is 458 g/mol. The van der Waals surface area contributed by atoms with E-state index >= 15 is 0 Å². The van der Waals surface area contributed by atoms with E-state index in [-0.39, 0.29) is 11.8 Å². The Morgan fingerprint density at radius 3 is 2.61 bits per heavy atom. The van der Waals surface area contributed by atoms with Crippen molar-refractivity contribution in [2.75, 3.05) is 38.4 Å². The van der Waals surface area contributed by atoms with E-state index in [0.717, 1.165) is 40.5 Å². The first-order valence-corrected chi connectivity index (χ1v) is 11.7. The lowest BCUT2D eigenvalue weighted by Crippen LogP contribution is -2.29. The Morgan fingerprint density at radius 2 is 1.87 bits per heavy atom. The van der Waals surface area contributed by atoms with Crippen LogP contribution in [0, 0.1) is 0 Å². The van der Waals surface area contributed by atoms with Crippen molar-refractivity contribution >= 4 is 50.8 Å². The van der Waals surface area contributed by atoms with Crippen LogP contribution < -0.4 is 14.8 Å². The summed E-state index contributed by atoms with van der Waals surface area (Å²) in [5, 5.41) is 2.91. The molecule has 1 fully saturated rings. The first-order valence-electron chi connectivity index (χ1n) is 9.92. The number of nitrogens with zero attached hydrogens (tertiary/aromatic N) is 2. The molecule has 0 saturated carbocycles. The van der Waals surface area contributed by atoms with E-state index in [2.05, 4.69) is 10.3 Å². The summed E-state index contributed by atoms with van der Waals surface area (Å²) >= 11 is 2.99. The van der Waals surface area contributed by atoms with Crippen LogP contribution in [0.2, 0.25) is 0 Å². The second kappa shape index (κ2) is 9.57. The van der Waals surface area contributed by atoms with Crippen molar-refractivity contribution < 1.29 is 19.1 Å². The molecule has 0 unspecified atom stereocenters. The number of likely N-dealkylation sites (tertiary alicyclic amines) is 1. The maximum atomic E-state index is 12.7. The fourth-order valence-corrected chi connectivity index (χ4v) is 5.42. The number of anilines is 1. The highest BCUT2D eigenvalue weighted by Crippen LogP contribution is 2.32. The maximum absolute atomic E-state index is 12.7. The van der Waals surface area contributed by atoms with Crippen molar-refractivity contribution in [1.82, 2.24) is 9.88 Å². The summed E-state index contributed by atoms with van der Waals surface area (Å²) in [7, 11) is 3.09. The van der Waals surface area contributed by atoms with Crippen LogP contribution in [0.3, 0.4) is 0 Å². The lowest BCUT2D eigenvalue weighted by atomic mass is 10.2. The number of fused-ring (bicyclic) bond motifs is 1. The summed E-state index contributed by atoms with van der Waals surface area (Å²) in [4.78, 5) is 31.4. The molecular weight excluding hydrogens is 434 g/mol. The molecule has 1 saturated heterocycles. The quantitative estimate of drug-likeness (QED) is 0.534. The molecule has 1 aromatic heterocycles. The van der Waals surface area contributed by atoms with Crippen molar-refractivity contribution in [1.29, 1.82) is 0 Å². The van der Waals surface area contributed by atoms with Crippen molar-refractivity contribution in [3.63, 3.8) is 0 Å². The van der Waals surface area contributed by atoms with E-state index in [4.69, 9.17) is 9.47 Å². The predicted octanol–water partition coefficient (Wildman–Crippen LogP) is 4.28. The SMILES string of the molecule is COc1ccc(C(=O)Nc2ccc3nc(SCC(=O)N4CCCC4)sc3c2)cc1OC. The van der Waals surface area contributed by atoms with E-state index in [1.54, 1.807) is 25.3 Å². The third kappa shape index (κ3) is 4.94. The van der Waals surface area contributed by atoms with Gasteiger partial charge in [0.2, 0.25) is 5.91 Å². The zero-order valence-corrected chi connectivity index (χ0v) is 19.0. The highest BCUT2D eigenvalue weighted by Gasteiger charge is 2.18. The second-order valence-corrected chi connectivity index (χ2v) is 9.32. The van der Waals surface area contributed by atoms with Crippen molar-refractivity contribution in [2.45, 2.75) is 17.2 Å². The molecule has 2 amide bonds. The minimum atomic E-state index is -0.240. The smallest absolute Gasteiger partial charge is 0.255 e. The van der Waals surface area contributed by atoms with Gasteiger partial charge in [0.1, 0.15) is 0 Å². The molecule has 1 aliphatic heterocycles. The summed E-state index contributed by atoms with van der Waals surface area (Å²) in [5.41, 5.74) is 2.00. The summed E-state index contributed by atoms with van der Waals surface area (Å²) in [6.07, 6.45) is 2.19. The number of hydrogen-bond acceptors (Lipinski definition) is 7. The van der Waals surface area contributed by atoms with Gasteiger partial charge in [0, 0.05) is 24.3 Å². The fourth-order valence-electron chi connectivity index (χ4n) is 3.40. The van der Waals surface area contributed by atoms with E-state index in [0.29, 0.717) is 28.5 Å². The molecule has 0 spiro atoms. The van der Waals surface area contributed by atoms with Gasteiger partial charge in [0.15, 0.2) is 15.8 Å². The normalized spacial score (nSPS) is 13.4. The number of thiazole rings is 1. The molecule has 4 rings (SSSR count). The Morgan fingerprint density at radius 1 is 1.10 bits per heavy atom. The number of carbonyl (C=O) groups excluding carboxylic acids is 2. The fraction of sp³-hybridized carbons (Fsp3) is 0.318. The number of amides is 2. The molecule has 0 radical (unpaired) electrons.